The lowest BCUT2D eigenvalue weighted by molar-refractivity contribution is 0.102. The molecule has 1 aromatic heterocycles. The van der Waals surface area contributed by atoms with E-state index in [1.165, 1.54) is 31.4 Å². The molecule has 2 bridgehead atoms. The van der Waals surface area contributed by atoms with Gasteiger partial charge >= 0.3 is 0 Å². The minimum Gasteiger partial charge on any atom is -0.345 e. The molecule has 2 aliphatic rings. The summed E-state index contributed by atoms with van der Waals surface area (Å²) >= 11 is 5.68. The van der Waals surface area contributed by atoms with Gasteiger partial charge in [0.1, 0.15) is 0 Å². The van der Waals surface area contributed by atoms with Crippen molar-refractivity contribution in [3.8, 4) is 0 Å². The Kier molecular flexibility index (Phi) is 3.01. The van der Waals surface area contributed by atoms with Crippen molar-refractivity contribution in [1.29, 1.82) is 0 Å². The van der Waals surface area contributed by atoms with Crippen molar-refractivity contribution in [2.24, 2.45) is 11.8 Å². The summed E-state index contributed by atoms with van der Waals surface area (Å²) in [4.78, 5) is 11.8. The molecule has 2 saturated carbocycles. The normalized spacial score (nSPS) is 30.1. The van der Waals surface area contributed by atoms with Crippen LogP contribution in [0.1, 0.15) is 53.5 Å². The van der Waals surface area contributed by atoms with Gasteiger partial charge in [-0.05, 0) is 51.0 Å². The van der Waals surface area contributed by atoms with Crippen LogP contribution >= 0.6 is 11.6 Å². The topological polar surface area (TPSA) is 22.0 Å². The highest BCUT2D eigenvalue weighted by atomic mass is 35.5. The van der Waals surface area contributed by atoms with Crippen molar-refractivity contribution in [2.45, 2.75) is 45.6 Å². The molecule has 0 spiro atoms. The number of nitrogens with zero attached hydrogens (tertiary/aromatic N) is 1. The fourth-order valence-corrected chi connectivity index (χ4v) is 4.31. The maximum atomic E-state index is 11.8. The van der Waals surface area contributed by atoms with Gasteiger partial charge in [0.15, 0.2) is 5.78 Å². The zero-order valence-electron chi connectivity index (χ0n) is 11.1. The predicted molar refractivity (Wildman–Crippen MR) is 73.4 cm³/mol. The standard InChI is InChI=1S/C15H20ClNO/c1-9-5-13(15(18)8-16)10(2)17(9)14-7-11-3-4-12(14)6-11/h5,11-12,14H,3-4,6-8H2,1-2H3. The largest absolute Gasteiger partial charge is 0.345 e. The number of Topliss-reactive ketones (excluding diaryl/α,β-unsaturated/α-hetero) is 1. The van der Waals surface area contributed by atoms with Crippen molar-refractivity contribution >= 4 is 17.4 Å². The number of alkyl halides is 1. The van der Waals surface area contributed by atoms with Gasteiger partial charge in [-0.15, -0.1) is 11.6 Å². The van der Waals surface area contributed by atoms with E-state index >= 15 is 0 Å². The molecule has 0 aliphatic heterocycles. The Balaban J connectivity index is 1.97. The molecule has 98 valence electrons. The van der Waals surface area contributed by atoms with Gasteiger partial charge in [0.05, 0.1) is 5.88 Å². The zero-order chi connectivity index (χ0) is 12.9. The first-order valence-electron chi connectivity index (χ1n) is 6.89. The number of carbonyl (C=O) groups is 1. The van der Waals surface area contributed by atoms with Crippen molar-refractivity contribution in [2.75, 3.05) is 5.88 Å². The summed E-state index contributed by atoms with van der Waals surface area (Å²) in [6, 6.07) is 2.65. The Morgan fingerprint density at radius 1 is 1.39 bits per heavy atom. The third kappa shape index (κ3) is 1.73. The molecule has 0 saturated heterocycles. The van der Waals surface area contributed by atoms with E-state index in [1.807, 2.05) is 6.07 Å². The van der Waals surface area contributed by atoms with E-state index in [-0.39, 0.29) is 11.7 Å². The second kappa shape index (κ2) is 4.41. The Hall–Kier alpha value is -0.760. The van der Waals surface area contributed by atoms with E-state index in [2.05, 4.69) is 18.4 Å². The van der Waals surface area contributed by atoms with E-state index in [1.54, 1.807) is 0 Å². The van der Waals surface area contributed by atoms with Crippen LogP contribution in [0.25, 0.3) is 0 Å². The van der Waals surface area contributed by atoms with Gasteiger partial charge in [0.25, 0.3) is 0 Å². The fourth-order valence-electron chi connectivity index (χ4n) is 4.17. The van der Waals surface area contributed by atoms with E-state index in [0.717, 1.165) is 23.1 Å². The molecule has 3 heteroatoms. The van der Waals surface area contributed by atoms with Gasteiger partial charge in [0, 0.05) is 23.0 Å². The lowest BCUT2D eigenvalue weighted by Gasteiger charge is -2.26. The summed E-state index contributed by atoms with van der Waals surface area (Å²) in [5.74, 6) is 1.90. The molecule has 18 heavy (non-hydrogen) atoms. The van der Waals surface area contributed by atoms with Crippen LogP contribution in [-0.4, -0.2) is 16.2 Å². The van der Waals surface area contributed by atoms with Crippen molar-refractivity contribution in [3.05, 3.63) is 23.0 Å². The van der Waals surface area contributed by atoms with Crippen molar-refractivity contribution in [1.82, 2.24) is 4.57 Å². The Bertz CT molecular complexity index is 491. The lowest BCUT2D eigenvalue weighted by Crippen LogP contribution is -2.18. The highest BCUT2D eigenvalue weighted by molar-refractivity contribution is 6.30. The van der Waals surface area contributed by atoms with Crippen LogP contribution < -0.4 is 0 Å². The first-order chi connectivity index (χ1) is 8.61. The molecule has 1 aromatic rings. The first kappa shape index (κ1) is 12.3. The van der Waals surface area contributed by atoms with Crippen LogP contribution in [0.2, 0.25) is 0 Å². The summed E-state index contributed by atoms with van der Waals surface area (Å²) in [7, 11) is 0. The van der Waals surface area contributed by atoms with Gasteiger partial charge < -0.3 is 4.57 Å². The molecule has 0 aromatic carbocycles. The van der Waals surface area contributed by atoms with Crippen LogP contribution in [-0.2, 0) is 0 Å². The number of aryl methyl sites for hydroxylation is 1. The van der Waals surface area contributed by atoms with Crippen LogP contribution in [0.15, 0.2) is 6.07 Å². The van der Waals surface area contributed by atoms with Crippen LogP contribution in [0, 0.1) is 25.7 Å². The number of rotatable bonds is 3. The quantitative estimate of drug-likeness (QED) is 0.600. The Morgan fingerprint density at radius 3 is 2.72 bits per heavy atom. The molecule has 2 fully saturated rings. The molecular weight excluding hydrogens is 246 g/mol. The number of aromatic nitrogens is 1. The minimum absolute atomic E-state index is 0.0548. The predicted octanol–water partition coefficient (Wildman–Crippen LogP) is 3.89. The summed E-state index contributed by atoms with van der Waals surface area (Å²) in [6.45, 7) is 4.18. The molecule has 2 aliphatic carbocycles. The average Bonchev–Trinajstić information content (AvgIpc) is 3.03. The Labute approximate surface area is 113 Å². The fraction of sp³-hybridized carbons (Fsp3) is 0.667. The first-order valence-corrected chi connectivity index (χ1v) is 7.43. The second-order valence-corrected chi connectivity index (χ2v) is 6.22. The monoisotopic (exact) mass is 265 g/mol. The highest BCUT2D eigenvalue weighted by Gasteiger charge is 2.41. The summed E-state index contributed by atoms with van der Waals surface area (Å²) in [5.41, 5.74) is 3.17. The average molecular weight is 266 g/mol. The van der Waals surface area contributed by atoms with E-state index in [0.29, 0.717) is 6.04 Å². The number of carbonyl (C=O) groups excluding carboxylic acids is 1. The molecule has 3 rings (SSSR count). The van der Waals surface area contributed by atoms with E-state index in [4.69, 9.17) is 11.6 Å². The molecule has 1 heterocycles. The molecule has 3 unspecified atom stereocenters. The van der Waals surface area contributed by atoms with Crippen molar-refractivity contribution in [3.63, 3.8) is 0 Å². The van der Waals surface area contributed by atoms with Crippen LogP contribution in [0.3, 0.4) is 0 Å². The van der Waals surface area contributed by atoms with Gasteiger partial charge in [-0.2, -0.15) is 0 Å². The molecule has 3 atom stereocenters. The third-order valence-electron chi connectivity index (χ3n) is 4.94. The Morgan fingerprint density at radius 2 is 2.17 bits per heavy atom. The highest BCUT2D eigenvalue weighted by Crippen LogP contribution is 2.51. The molecular formula is C15H20ClNO. The maximum absolute atomic E-state index is 11.8. The van der Waals surface area contributed by atoms with Crippen LogP contribution in [0.4, 0.5) is 0 Å². The SMILES string of the molecule is Cc1cc(C(=O)CCl)c(C)n1C1CC2CCC1C2. The van der Waals surface area contributed by atoms with E-state index in [9.17, 15) is 4.79 Å². The number of hydrogen-bond donors (Lipinski definition) is 0. The molecule has 0 N–H and O–H groups in total. The van der Waals surface area contributed by atoms with Gasteiger partial charge in [0.2, 0.25) is 0 Å². The molecule has 2 nitrogen and oxygen atoms in total. The second-order valence-electron chi connectivity index (χ2n) is 5.95. The zero-order valence-corrected chi connectivity index (χ0v) is 11.8. The maximum Gasteiger partial charge on any atom is 0.179 e. The van der Waals surface area contributed by atoms with Gasteiger partial charge in [-0.25, -0.2) is 0 Å². The number of halogens is 1. The molecule has 0 amide bonds. The van der Waals surface area contributed by atoms with Crippen molar-refractivity contribution < 1.29 is 4.79 Å². The van der Waals surface area contributed by atoms with Crippen LogP contribution in [0.5, 0.6) is 0 Å². The third-order valence-corrected chi connectivity index (χ3v) is 5.18. The summed E-state index contributed by atoms with van der Waals surface area (Å²) in [6.07, 6.45) is 5.47. The number of fused-ring (bicyclic) bond motifs is 2. The summed E-state index contributed by atoms with van der Waals surface area (Å²) < 4.78 is 2.41. The molecule has 0 radical (unpaired) electrons. The number of ketones is 1. The summed E-state index contributed by atoms with van der Waals surface area (Å²) in [5, 5.41) is 0. The van der Waals surface area contributed by atoms with E-state index < -0.39 is 0 Å². The minimum atomic E-state index is 0.0548. The smallest absolute Gasteiger partial charge is 0.179 e. The number of hydrogen-bond acceptors (Lipinski definition) is 1. The lowest BCUT2D eigenvalue weighted by atomic mass is 9.95. The van der Waals surface area contributed by atoms with Gasteiger partial charge in [-0.3, -0.25) is 4.79 Å². The van der Waals surface area contributed by atoms with Gasteiger partial charge in [-0.1, -0.05) is 6.42 Å².